The van der Waals surface area contributed by atoms with Gasteiger partial charge in [0.2, 0.25) is 0 Å². The van der Waals surface area contributed by atoms with Crippen LogP contribution in [0.3, 0.4) is 0 Å². The van der Waals surface area contributed by atoms with Crippen LogP contribution in [0.15, 0.2) is 42.5 Å². The topological polar surface area (TPSA) is 41.5 Å². The number of rotatable bonds is 4. The number of halogens is 2. The lowest BCUT2D eigenvalue weighted by atomic mass is 9.99. The summed E-state index contributed by atoms with van der Waals surface area (Å²) in [6, 6.07) is 12.0. The molecule has 23 heavy (non-hydrogen) atoms. The van der Waals surface area contributed by atoms with E-state index in [1.807, 2.05) is 24.3 Å². The van der Waals surface area contributed by atoms with Gasteiger partial charge in [-0.25, -0.2) is 4.39 Å². The van der Waals surface area contributed by atoms with Crippen LogP contribution in [0.2, 0.25) is 0 Å². The van der Waals surface area contributed by atoms with Crippen molar-refractivity contribution in [3.63, 3.8) is 0 Å². The first-order valence-electron chi connectivity index (χ1n) is 7.65. The molecule has 0 saturated carbocycles. The van der Waals surface area contributed by atoms with Gasteiger partial charge in [-0.15, -0.1) is 12.4 Å². The summed E-state index contributed by atoms with van der Waals surface area (Å²) in [5.74, 6) is 0.517. The predicted octanol–water partition coefficient (Wildman–Crippen LogP) is 4.00. The molecular formula is C18H21ClFNO2. The maximum absolute atomic E-state index is 13.4. The molecule has 2 aromatic rings. The molecule has 3 nitrogen and oxygen atoms in total. The van der Waals surface area contributed by atoms with Gasteiger partial charge >= 0.3 is 0 Å². The molecule has 1 fully saturated rings. The van der Waals surface area contributed by atoms with E-state index in [1.165, 1.54) is 12.1 Å². The highest BCUT2D eigenvalue weighted by Crippen LogP contribution is 2.26. The zero-order valence-corrected chi connectivity index (χ0v) is 13.6. The highest BCUT2D eigenvalue weighted by Gasteiger charge is 2.13. The minimum atomic E-state index is -0.608. The van der Waals surface area contributed by atoms with Crippen molar-refractivity contribution >= 4 is 12.4 Å². The van der Waals surface area contributed by atoms with E-state index >= 15 is 0 Å². The van der Waals surface area contributed by atoms with Crippen LogP contribution >= 0.6 is 12.4 Å². The van der Waals surface area contributed by atoms with Crippen molar-refractivity contribution in [3.8, 4) is 22.6 Å². The number of aromatic hydroxyl groups is 1. The Morgan fingerprint density at radius 1 is 1.04 bits per heavy atom. The lowest BCUT2D eigenvalue weighted by Gasteiger charge is -2.22. The smallest absolute Gasteiger partial charge is 0.165 e. The van der Waals surface area contributed by atoms with Crippen LogP contribution in [0, 0.1) is 11.7 Å². The Kier molecular flexibility index (Phi) is 6.25. The van der Waals surface area contributed by atoms with Gasteiger partial charge in [0.25, 0.3) is 0 Å². The SMILES string of the molecule is Cl.Oc1ccc(-c2ccc(OCC3CCNCC3)cc2)cc1F. The molecule has 0 radical (unpaired) electrons. The zero-order valence-electron chi connectivity index (χ0n) is 12.8. The third-order valence-corrected chi connectivity index (χ3v) is 4.08. The summed E-state index contributed by atoms with van der Waals surface area (Å²) in [5, 5.41) is 12.6. The number of hydrogen-bond donors (Lipinski definition) is 2. The van der Waals surface area contributed by atoms with Crippen LogP contribution in [0.25, 0.3) is 11.1 Å². The van der Waals surface area contributed by atoms with Gasteiger partial charge in [0.05, 0.1) is 6.61 Å². The molecule has 0 spiro atoms. The summed E-state index contributed by atoms with van der Waals surface area (Å²) in [4.78, 5) is 0. The average Bonchev–Trinajstić information content (AvgIpc) is 2.57. The van der Waals surface area contributed by atoms with Gasteiger partial charge in [-0.05, 0) is 67.2 Å². The summed E-state index contributed by atoms with van der Waals surface area (Å²) in [6.07, 6.45) is 2.32. The molecular weight excluding hydrogens is 317 g/mol. The van der Waals surface area contributed by atoms with Gasteiger partial charge in [-0.2, -0.15) is 0 Å². The average molecular weight is 338 g/mol. The molecule has 2 aromatic carbocycles. The number of piperidine rings is 1. The minimum Gasteiger partial charge on any atom is -0.505 e. The molecule has 1 heterocycles. The third-order valence-electron chi connectivity index (χ3n) is 4.08. The fraction of sp³-hybridized carbons (Fsp3) is 0.333. The second kappa shape index (κ2) is 8.18. The van der Waals surface area contributed by atoms with Crippen molar-refractivity contribution in [1.82, 2.24) is 5.32 Å². The van der Waals surface area contributed by atoms with Gasteiger partial charge in [0.1, 0.15) is 5.75 Å². The number of phenolic OH excluding ortho intramolecular Hbond substituents is 1. The van der Waals surface area contributed by atoms with E-state index in [9.17, 15) is 9.50 Å². The number of nitrogens with one attached hydrogen (secondary N) is 1. The minimum absolute atomic E-state index is 0. The summed E-state index contributed by atoms with van der Waals surface area (Å²) < 4.78 is 19.2. The molecule has 0 aliphatic carbocycles. The Morgan fingerprint density at radius 2 is 1.70 bits per heavy atom. The second-order valence-electron chi connectivity index (χ2n) is 5.69. The molecule has 0 atom stereocenters. The van der Waals surface area contributed by atoms with Crippen LogP contribution in [0.5, 0.6) is 11.5 Å². The van der Waals surface area contributed by atoms with Crippen molar-refractivity contribution < 1.29 is 14.2 Å². The summed E-state index contributed by atoms with van der Waals surface area (Å²) in [5.41, 5.74) is 1.63. The van der Waals surface area contributed by atoms with Gasteiger partial charge in [0, 0.05) is 0 Å². The van der Waals surface area contributed by atoms with Crippen LogP contribution in [-0.4, -0.2) is 24.8 Å². The monoisotopic (exact) mass is 337 g/mol. The van der Waals surface area contributed by atoms with Gasteiger partial charge in [-0.3, -0.25) is 0 Å². The Balaban J connectivity index is 0.00000192. The first-order chi connectivity index (χ1) is 10.7. The fourth-order valence-electron chi connectivity index (χ4n) is 2.69. The Morgan fingerprint density at radius 3 is 2.35 bits per heavy atom. The van der Waals surface area contributed by atoms with Crippen molar-refractivity contribution in [2.75, 3.05) is 19.7 Å². The quantitative estimate of drug-likeness (QED) is 0.886. The Bertz CT molecular complexity index is 627. The first kappa shape index (κ1) is 17.6. The predicted molar refractivity (Wildman–Crippen MR) is 91.8 cm³/mol. The number of ether oxygens (including phenoxy) is 1. The highest BCUT2D eigenvalue weighted by molar-refractivity contribution is 5.85. The fourth-order valence-corrected chi connectivity index (χ4v) is 2.69. The van der Waals surface area contributed by atoms with E-state index < -0.39 is 5.82 Å². The largest absolute Gasteiger partial charge is 0.505 e. The van der Waals surface area contributed by atoms with Crippen molar-refractivity contribution in [3.05, 3.63) is 48.3 Å². The van der Waals surface area contributed by atoms with Crippen LogP contribution in [0.1, 0.15) is 12.8 Å². The van der Waals surface area contributed by atoms with E-state index in [2.05, 4.69) is 5.32 Å². The summed E-state index contributed by atoms with van der Waals surface area (Å²) in [7, 11) is 0. The molecule has 1 aliphatic rings. The van der Waals surface area contributed by atoms with E-state index in [1.54, 1.807) is 6.07 Å². The molecule has 1 saturated heterocycles. The molecule has 0 aromatic heterocycles. The summed E-state index contributed by atoms with van der Waals surface area (Å²) in [6.45, 7) is 2.88. The maximum atomic E-state index is 13.4. The lowest BCUT2D eigenvalue weighted by molar-refractivity contribution is 0.215. The lowest BCUT2D eigenvalue weighted by Crippen LogP contribution is -2.30. The Labute approximate surface area is 141 Å². The van der Waals surface area contributed by atoms with E-state index in [0.29, 0.717) is 5.92 Å². The van der Waals surface area contributed by atoms with Crippen molar-refractivity contribution in [2.45, 2.75) is 12.8 Å². The molecule has 124 valence electrons. The maximum Gasteiger partial charge on any atom is 0.165 e. The molecule has 0 unspecified atom stereocenters. The van der Waals surface area contributed by atoms with E-state index in [-0.39, 0.29) is 18.2 Å². The first-order valence-corrected chi connectivity index (χ1v) is 7.65. The Hall–Kier alpha value is -1.78. The molecule has 2 N–H and O–H groups in total. The molecule has 5 heteroatoms. The normalized spacial score (nSPS) is 15.0. The van der Waals surface area contributed by atoms with Crippen molar-refractivity contribution in [1.29, 1.82) is 0 Å². The van der Waals surface area contributed by atoms with Gasteiger partial charge in [-0.1, -0.05) is 18.2 Å². The van der Waals surface area contributed by atoms with Crippen molar-refractivity contribution in [2.24, 2.45) is 5.92 Å². The van der Waals surface area contributed by atoms with Gasteiger partial charge < -0.3 is 15.2 Å². The molecule has 0 bridgehead atoms. The third kappa shape index (κ3) is 4.60. The van der Waals surface area contributed by atoms with Gasteiger partial charge in [0.15, 0.2) is 11.6 Å². The van der Waals surface area contributed by atoms with Crippen LogP contribution in [0.4, 0.5) is 4.39 Å². The van der Waals surface area contributed by atoms with E-state index in [0.717, 1.165) is 49.4 Å². The highest BCUT2D eigenvalue weighted by atomic mass is 35.5. The molecule has 3 rings (SSSR count). The van der Waals surface area contributed by atoms with Crippen LogP contribution < -0.4 is 10.1 Å². The standard InChI is InChI=1S/C18H20FNO2.ClH/c19-17-11-15(3-6-18(17)21)14-1-4-16(5-2-14)22-12-13-7-9-20-10-8-13;/h1-6,11,13,20-21H,7-10,12H2;1H. The zero-order chi connectivity index (χ0) is 15.4. The number of phenols is 1. The van der Waals surface area contributed by atoms with E-state index in [4.69, 9.17) is 4.74 Å². The molecule has 0 amide bonds. The number of hydrogen-bond acceptors (Lipinski definition) is 3. The second-order valence-corrected chi connectivity index (χ2v) is 5.69. The summed E-state index contributed by atoms with van der Waals surface area (Å²) >= 11 is 0. The van der Waals surface area contributed by atoms with Crippen LogP contribution in [-0.2, 0) is 0 Å². The number of benzene rings is 2. The molecule has 1 aliphatic heterocycles.